The van der Waals surface area contributed by atoms with Crippen molar-refractivity contribution >= 4 is 23.9 Å². The molecule has 0 bridgehead atoms. The first-order chi connectivity index (χ1) is 21.7. The van der Waals surface area contributed by atoms with E-state index in [2.05, 4.69) is 54.0 Å². The van der Waals surface area contributed by atoms with Crippen molar-refractivity contribution < 1.29 is 38.1 Å². The Morgan fingerprint density at radius 2 is 0.543 bits per heavy atom. The number of hydrogen-bond acceptors (Lipinski definition) is 8. The van der Waals surface area contributed by atoms with E-state index in [1.54, 1.807) is 27.7 Å². The molecule has 0 aromatic rings. The second-order valence-electron chi connectivity index (χ2n) is 11.2. The van der Waals surface area contributed by atoms with Gasteiger partial charge in [-0.25, -0.2) is 19.2 Å². The smallest absolute Gasteiger partial charge is 0.333 e. The van der Waals surface area contributed by atoms with Crippen molar-refractivity contribution in [3.63, 3.8) is 0 Å². The summed E-state index contributed by atoms with van der Waals surface area (Å²) in [5.41, 5.74) is 1.90. The molecule has 0 aliphatic carbocycles. The number of carbonyl (C=O) groups is 4. The third kappa shape index (κ3) is 43.0. The molecule has 0 aromatic carbocycles. The molecule has 0 radical (unpaired) electrons. The highest BCUT2D eigenvalue weighted by molar-refractivity contribution is 5.88. The van der Waals surface area contributed by atoms with E-state index >= 15 is 0 Å². The first-order valence-electron chi connectivity index (χ1n) is 17.0. The van der Waals surface area contributed by atoms with E-state index in [-0.39, 0.29) is 23.9 Å². The van der Waals surface area contributed by atoms with Gasteiger partial charge in [-0.3, -0.25) is 0 Å². The quantitative estimate of drug-likeness (QED) is 0.0492. The van der Waals surface area contributed by atoms with Gasteiger partial charge in [0.2, 0.25) is 0 Å². The van der Waals surface area contributed by atoms with E-state index in [1.807, 2.05) is 0 Å². The number of carbonyl (C=O) groups excluding carboxylic acids is 4. The summed E-state index contributed by atoms with van der Waals surface area (Å²) >= 11 is 0. The molecule has 0 aliphatic heterocycles. The topological polar surface area (TPSA) is 105 Å². The summed E-state index contributed by atoms with van der Waals surface area (Å²) in [5, 5.41) is 0. The monoisotopic (exact) mass is 652 g/mol. The first-order valence-corrected chi connectivity index (χ1v) is 17.0. The Kier molecular flexibility index (Phi) is 41.1. The Labute approximate surface area is 282 Å². The van der Waals surface area contributed by atoms with Gasteiger partial charge in [-0.2, -0.15) is 0 Å². The number of esters is 4. The average molecular weight is 653 g/mol. The van der Waals surface area contributed by atoms with Crippen LogP contribution in [0.15, 0.2) is 48.6 Å². The van der Waals surface area contributed by atoms with Crippen LogP contribution in [-0.2, 0) is 38.1 Å². The van der Waals surface area contributed by atoms with Gasteiger partial charge in [0.1, 0.15) is 0 Å². The van der Waals surface area contributed by atoms with E-state index in [9.17, 15) is 19.2 Å². The van der Waals surface area contributed by atoms with E-state index in [0.29, 0.717) is 48.7 Å². The molecule has 46 heavy (non-hydrogen) atoms. The second kappa shape index (κ2) is 38.0. The molecule has 0 unspecified atom stereocenters. The van der Waals surface area contributed by atoms with E-state index < -0.39 is 0 Å². The lowest BCUT2D eigenvalue weighted by Gasteiger charge is -2.03. The Balaban J connectivity index is -0.000000257. The van der Waals surface area contributed by atoms with Gasteiger partial charge in [0.05, 0.1) is 26.4 Å². The molecule has 0 fully saturated rings. The van der Waals surface area contributed by atoms with Crippen LogP contribution in [0.3, 0.4) is 0 Å². The van der Waals surface area contributed by atoms with Crippen LogP contribution in [0, 0.1) is 0 Å². The third-order valence-corrected chi connectivity index (χ3v) is 5.82. The van der Waals surface area contributed by atoms with Crippen molar-refractivity contribution in [1.29, 1.82) is 0 Å². The normalized spacial score (nSPS) is 9.39. The molecule has 8 nitrogen and oxygen atoms in total. The fraction of sp³-hybridized carbons (Fsp3) is 0.684. The Bertz CT molecular complexity index is 857. The zero-order valence-electron chi connectivity index (χ0n) is 30.8. The molecular formula is C38H68O8. The fourth-order valence-corrected chi connectivity index (χ4v) is 2.88. The lowest BCUT2D eigenvalue weighted by Crippen LogP contribution is -2.05. The SMILES string of the molecule is C=C(C)C(=O)OCCCC.C=C(C)C(=O)OCCCCC.C=C(C)C(=O)OCCCCCC.C=C(C)C(=O)OCCCCCCC. The Hall–Kier alpha value is -3.16. The molecule has 0 rings (SSSR count). The predicted molar refractivity (Wildman–Crippen MR) is 190 cm³/mol. The Morgan fingerprint density at radius 1 is 0.348 bits per heavy atom. The van der Waals surface area contributed by atoms with Gasteiger partial charge in [0.15, 0.2) is 0 Å². The molecule has 0 heterocycles. The average Bonchev–Trinajstić information content (AvgIpc) is 3.01. The minimum Gasteiger partial charge on any atom is -0.462 e. The highest BCUT2D eigenvalue weighted by Gasteiger charge is 2.03. The lowest BCUT2D eigenvalue weighted by molar-refractivity contribution is -0.139. The Morgan fingerprint density at radius 3 is 0.804 bits per heavy atom. The molecule has 0 saturated carbocycles. The second-order valence-corrected chi connectivity index (χ2v) is 11.2. The summed E-state index contributed by atoms with van der Waals surface area (Å²) in [6.07, 6.45) is 15.6. The molecule has 0 amide bonds. The minimum absolute atomic E-state index is 0.268. The van der Waals surface area contributed by atoms with Crippen molar-refractivity contribution in [2.75, 3.05) is 26.4 Å². The van der Waals surface area contributed by atoms with Crippen LogP contribution in [0.5, 0.6) is 0 Å². The summed E-state index contributed by atoms with van der Waals surface area (Å²) < 4.78 is 19.5. The van der Waals surface area contributed by atoms with Crippen LogP contribution in [0.1, 0.15) is 145 Å². The summed E-state index contributed by atoms with van der Waals surface area (Å²) in [5.74, 6) is -1.10. The molecule has 0 atom stereocenters. The lowest BCUT2D eigenvalue weighted by atomic mass is 10.2. The van der Waals surface area contributed by atoms with Gasteiger partial charge < -0.3 is 18.9 Å². The zero-order chi connectivity index (χ0) is 36.2. The van der Waals surface area contributed by atoms with Crippen LogP contribution in [0.4, 0.5) is 0 Å². The highest BCUT2D eigenvalue weighted by Crippen LogP contribution is 2.04. The van der Waals surface area contributed by atoms with Gasteiger partial charge >= 0.3 is 23.9 Å². The molecule has 0 aromatic heterocycles. The van der Waals surface area contributed by atoms with Crippen molar-refractivity contribution in [2.24, 2.45) is 0 Å². The van der Waals surface area contributed by atoms with Crippen LogP contribution in [-0.4, -0.2) is 50.3 Å². The van der Waals surface area contributed by atoms with Crippen LogP contribution < -0.4 is 0 Å². The van der Waals surface area contributed by atoms with Gasteiger partial charge in [-0.15, -0.1) is 0 Å². The van der Waals surface area contributed by atoms with Crippen molar-refractivity contribution in [3.8, 4) is 0 Å². The first kappa shape index (κ1) is 49.7. The van der Waals surface area contributed by atoms with E-state index in [4.69, 9.17) is 18.9 Å². The minimum atomic E-state index is -0.284. The molecule has 268 valence electrons. The summed E-state index contributed by atoms with van der Waals surface area (Å²) in [6, 6.07) is 0. The van der Waals surface area contributed by atoms with Crippen molar-refractivity contribution in [3.05, 3.63) is 48.6 Å². The maximum atomic E-state index is 10.9. The number of rotatable bonds is 22. The van der Waals surface area contributed by atoms with Gasteiger partial charge in [-0.1, -0.05) is 118 Å². The fourth-order valence-electron chi connectivity index (χ4n) is 2.88. The maximum Gasteiger partial charge on any atom is 0.333 e. The molecule has 0 N–H and O–H groups in total. The number of unbranched alkanes of at least 4 members (excludes halogenated alkanes) is 10. The van der Waals surface area contributed by atoms with E-state index in [0.717, 1.165) is 57.8 Å². The van der Waals surface area contributed by atoms with Gasteiger partial charge in [-0.05, 0) is 53.4 Å². The highest BCUT2D eigenvalue weighted by atomic mass is 16.5. The largest absolute Gasteiger partial charge is 0.462 e. The van der Waals surface area contributed by atoms with Crippen LogP contribution in [0.2, 0.25) is 0 Å². The molecule has 0 saturated heterocycles. The van der Waals surface area contributed by atoms with Crippen LogP contribution >= 0.6 is 0 Å². The molecule has 8 heteroatoms. The maximum absolute atomic E-state index is 10.9. The third-order valence-electron chi connectivity index (χ3n) is 5.82. The van der Waals surface area contributed by atoms with Gasteiger partial charge in [0, 0.05) is 22.3 Å². The van der Waals surface area contributed by atoms with Crippen LogP contribution in [0.25, 0.3) is 0 Å². The van der Waals surface area contributed by atoms with Crippen molar-refractivity contribution in [1.82, 2.24) is 0 Å². The van der Waals surface area contributed by atoms with E-state index in [1.165, 1.54) is 32.1 Å². The number of hydrogen-bond donors (Lipinski definition) is 0. The summed E-state index contributed by atoms with van der Waals surface area (Å²) in [6.45, 7) is 31.2. The van der Waals surface area contributed by atoms with Crippen molar-refractivity contribution in [2.45, 2.75) is 145 Å². The molecule has 0 spiro atoms. The summed E-state index contributed by atoms with van der Waals surface area (Å²) in [4.78, 5) is 43.2. The number of ether oxygens (including phenoxy) is 4. The molecular weight excluding hydrogens is 584 g/mol. The standard InChI is InChI=1S/C11H20O2.C10H18O2.C9H16O2.C8H14O2/c1-4-5-6-7-8-9-13-11(12)10(2)3;1-4-5-6-7-8-12-10(11)9(2)3;1-4-5-6-7-11-9(10)8(2)3;1-4-5-6-10-8(9)7(2)3/h2,4-9H2,1,3H3;2,4-8H2,1,3H3;2,4-7H2,1,3H3;2,4-6H2,1,3H3. The molecule has 0 aliphatic rings. The van der Waals surface area contributed by atoms with Gasteiger partial charge in [0.25, 0.3) is 0 Å². The zero-order valence-corrected chi connectivity index (χ0v) is 30.8. The predicted octanol–water partition coefficient (Wildman–Crippen LogP) is 9.96. The summed E-state index contributed by atoms with van der Waals surface area (Å²) in [7, 11) is 0.